The summed E-state index contributed by atoms with van der Waals surface area (Å²) in [5.74, 6) is 0. The van der Waals surface area contributed by atoms with Crippen molar-refractivity contribution in [2.24, 2.45) is 0 Å². The van der Waals surface area contributed by atoms with E-state index in [0.29, 0.717) is 0 Å². The summed E-state index contributed by atoms with van der Waals surface area (Å²) >= 11 is 6.16. The molecule has 3 nitrogen and oxygen atoms in total. The molecule has 1 aliphatic rings. The lowest BCUT2D eigenvalue weighted by molar-refractivity contribution is 0.231. The summed E-state index contributed by atoms with van der Waals surface area (Å²) in [6.45, 7) is 5.38. The average molecular weight is 250 g/mol. The molecule has 1 saturated heterocycles. The molecule has 1 aliphatic heterocycles. The van der Waals surface area contributed by atoms with Crippen molar-refractivity contribution in [3.8, 4) is 0 Å². The van der Waals surface area contributed by atoms with E-state index >= 15 is 0 Å². The number of para-hydroxylation sites is 1. The molecule has 1 aromatic carbocycles. The lowest BCUT2D eigenvalue weighted by atomic mass is 10.2. The lowest BCUT2D eigenvalue weighted by Gasteiger charge is -2.26. The number of halogens is 1. The molecular formula is C13H16ClN3. The van der Waals surface area contributed by atoms with E-state index < -0.39 is 0 Å². The van der Waals surface area contributed by atoms with Crippen LogP contribution in [-0.2, 0) is 6.54 Å². The number of fused-ring (bicyclic) bond motifs is 1. The number of aromatic nitrogens is 1. The van der Waals surface area contributed by atoms with E-state index in [-0.39, 0.29) is 0 Å². The predicted octanol–water partition coefficient (Wildman–Crippen LogP) is 2.23. The summed E-state index contributed by atoms with van der Waals surface area (Å²) in [7, 11) is 0. The third-order valence-corrected chi connectivity index (χ3v) is 3.58. The molecule has 2 N–H and O–H groups in total. The first-order valence-electron chi connectivity index (χ1n) is 6.02. The van der Waals surface area contributed by atoms with Gasteiger partial charge in [-0.2, -0.15) is 0 Å². The van der Waals surface area contributed by atoms with Crippen LogP contribution in [-0.4, -0.2) is 36.1 Å². The summed E-state index contributed by atoms with van der Waals surface area (Å²) in [6.07, 6.45) is 0. The van der Waals surface area contributed by atoms with Crippen molar-refractivity contribution < 1.29 is 0 Å². The molecule has 2 aromatic rings. The minimum Gasteiger partial charge on any atom is -0.356 e. The Morgan fingerprint density at radius 3 is 2.82 bits per heavy atom. The number of aromatic amines is 1. The minimum absolute atomic E-state index is 0.800. The van der Waals surface area contributed by atoms with Crippen LogP contribution in [0.15, 0.2) is 24.3 Å². The zero-order valence-electron chi connectivity index (χ0n) is 9.67. The molecule has 3 rings (SSSR count). The molecule has 0 spiro atoms. The van der Waals surface area contributed by atoms with Crippen molar-refractivity contribution in [1.29, 1.82) is 0 Å². The number of hydrogen-bond acceptors (Lipinski definition) is 2. The molecule has 4 heteroatoms. The first-order chi connectivity index (χ1) is 8.33. The molecule has 0 radical (unpaired) electrons. The van der Waals surface area contributed by atoms with E-state index in [2.05, 4.69) is 27.3 Å². The largest absolute Gasteiger partial charge is 0.356 e. The Kier molecular flexibility index (Phi) is 3.05. The number of benzene rings is 1. The van der Waals surface area contributed by atoms with Gasteiger partial charge in [0.2, 0.25) is 0 Å². The average Bonchev–Trinajstić information content (AvgIpc) is 2.74. The van der Waals surface area contributed by atoms with Crippen molar-refractivity contribution in [2.75, 3.05) is 26.2 Å². The van der Waals surface area contributed by atoms with Gasteiger partial charge in [-0.05, 0) is 12.1 Å². The Balaban J connectivity index is 1.83. The number of rotatable bonds is 2. The van der Waals surface area contributed by atoms with Crippen LogP contribution in [0, 0.1) is 0 Å². The Hall–Kier alpha value is -1.03. The van der Waals surface area contributed by atoms with Gasteiger partial charge < -0.3 is 10.3 Å². The van der Waals surface area contributed by atoms with Gasteiger partial charge in [-0.3, -0.25) is 4.90 Å². The van der Waals surface area contributed by atoms with Gasteiger partial charge in [-0.1, -0.05) is 23.7 Å². The number of H-pyrrole nitrogens is 1. The van der Waals surface area contributed by atoms with Gasteiger partial charge >= 0.3 is 0 Å². The molecule has 90 valence electrons. The van der Waals surface area contributed by atoms with Crippen LogP contribution in [0.2, 0.25) is 5.02 Å². The summed E-state index contributed by atoms with van der Waals surface area (Å²) < 4.78 is 0. The van der Waals surface area contributed by atoms with Crippen LogP contribution in [0.25, 0.3) is 10.9 Å². The Morgan fingerprint density at radius 1 is 1.24 bits per heavy atom. The van der Waals surface area contributed by atoms with Crippen molar-refractivity contribution >= 4 is 22.5 Å². The van der Waals surface area contributed by atoms with E-state index in [1.54, 1.807) is 0 Å². The highest BCUT2D eigenvalue weighted by atomic mass is 35.5. The highest BCUT2D eigenvalue weighted by Gasteiger charge is 2.11. The maximum absolute atomic E-state index is 6.16. The lowest BCUT2D eigenvalue weighted by Crippen LogP contribution is -2.42. The van der Waals surface area contributed by atoms with E-state index in [4.69, 9.17) is 11.6 Å². The van der Waals surface area contributed by atoms with Crippen LogP contribution in [0.5, 0.6) is 0 Å². The molecule has 2 heterocycles. The molecule has 0 atom stereocenters. The highest BCUT2D eigenvalue weighted by Crippen LogP contribution is 2.23. The van der Waals surface area contributed by atoms with Crippen LogP contribution < -0.4 is 5.32 Å². The van der Waals surface area contributed by atoms with Gasteiger partial charge in [0.1, 0.15) is 0 Å². The smallest absolute Gasteiger partial charge is 0.0647 e. The summed E-state index contributed by atoms with van der Waals surface area (Å²) in [4.78, 5) is 5.87. The normalized spacial score (nSPS) is 17.7. The maximum Gasteiger partial charge on any atom is 0.0647 e. The second kappa shape index (κ2) is 4.69. The minimum atomic E-state index is 0.800. The first kappa shape index (κ1) is 11.1. The number of nitrogens with zero attached hydrogens (tertiary/aromatic N) is 1. The molecule has 0 amide bonds. The van der Waals surface area contributed by atoms with Gasteiger partial charge in [-0.15, -0.1) is 0 Å². The quantitative estimate of drug-likeness (QED) is 0.855. The molecular weight excluding hydrogens is 234 g/mol. The second-order valence-electron chi connectivity index (χ2n) is 4.52. The van der Waals surface area contributed by atoms with Gasteiger partial charge in [-0.25, -0.2) is 0 Å². The number of hydrogen-bond donors (Lipinski definition) is 2. The predicted molar refractivity (Wildman–Crippen MR) is 71.5 cm³/mol. The molecule has 1 aromatic heterocycles. The van der Waals surface area contributed by atoms with Crippen molar-refractivity contribution in [3.05, 3.63) is 35.0 Å². The van der Waals surface area contributed by atoms with Crippen LogP contribution in [0.1, 0.15) is 5.69 Å². The van der Waals surface area contributed by atoms with Crippen LogP contribution >= 0.6 is 11.6 Å². The van der Waals surface area contributed by atoms with Gasteiger partial charge in [0, 0.05) is 43.8 Å². The third kappa shape index (κ3) is 2.32. The van der Waals surface area contributed by atoms with Gasteiger partial charge in [0.15, 0.2) is 0 Å². The Labute approximate surface area is 106 Å². The zero-order valence-corrected chi connectivity index (χ0v) is 10.4. The molecule has 17 heavy (non-hydrogen) atoms. The molecule has 0 saturated carbocycles. The fourth-order valence-electron chi connectivity index (χ4n) is 2.37. The first-order valence-corrected chi connectivity index (χ1v) is 6.40. The maximum atomic E-state index is 6.16. The molecule has 0 unspecified atom stereocenters. The fourth-order valence-corrected chi connectivity index (χ4v) is 2.60. The summed E-state index contributed by atoms with van der Waals surface area (Å²) in [5.41, 5.74) is 2.30. The molecule has 0 aliphatic carbocycles. The standard InChI is InChI=1S/C13H16ClN3/c14-12-3-1-2-10-8-11(16-13(10)12)9-17-6-4-15-5-7-17/h1-3,8,15-16H,4-7,9H2. The highest BCUT2D eigenvalue weighted by molar-refractivity contribution is 6.35. The fraction of sp³-hybridized carbons (Fsp3) is 0.385. The van der Waals surface area contributed by atoms with Crippen LogP contribution in [0.4, 0.5) is 0 Å². The SMILES string of the molecule is Clc1cccc2cc(CN3CCNCC3)[nH]c12. The third-order valence-electron chi connectivity index (χ3n) is 3.26. The number of piperazine rings is 1. The Morgan fingerprint density at radius 2 is 2.06 bits per heavy atom. The second-order valence-corrected chi connectivity index (χ2v) is 4.93. The van der Waals surface area contributed by atoms with Crippen molar-refractivity contribution in [2.45, 2.75) is 6.54 Å². The van der Waals surface area contributed by atoms with E-state index in [1.807, 2.05) is 12.1 Å². The van der Waals surface area contributed by atoms with Crippen LogP contribution in [0.3, 0.4) is 0 Å². The topological polar surface area (TPSA) is 31.1 Å². The molecule has 0 bridgehead atoms. The summed E-state index contributed by atoms with van der Waals surface area (Å²) in [6, 6.07) is 8.21. The monoisotopic (exact) mass is 249 g/mol. The summed E-state index contributed by atoms with van der Waals surface area (Å²) in [5, 5.41) is 5.36. The van der Waals surface area contributed by atoms with Crippen molar-refractivity contribution in [1.82, 2.24) is 15.2 Å². The van der Waals surface area contributed by atoms with E-state index in [1.165, 1.54) is 11.1 Å². The van der Waals surface area contributed by atoms with E-state index in [9.17, 15) is 0 Å². The van der Waals surface area contributed by atoms with E-state index in [0.717, 1.165) is 43.3 Å². The zero-order chi connectivity index (χ0) is 11.7. The number of nitrogens with one attached hydrogen (secondary N) is 2. The van der Waals surface area contributed by atoms with Gasteiger partial charge in [0.25, 0.3) is 0 Å². The van der Waals surface area contributed by atoms with Crippen molar-refractivity contribution in [3.63, 3.8) is 0 Å². The molecule has 1 fully saturated rings. The van der Waals surface area contributed by atoms with Gasteiger partial charge in [0.05, 0.1) is 10.5 Å². The Bertz CT molecular complexity index is 514.